The van der Waals surface area contributed by atoms with Crippen molar-refractivity contribution in [3.8, 4) is 0 Å². The van der Waals surface area contributed by atoms with E-state index in [4.69, 9.17) is 0 Å². The molecule has 0 aliphatic heterocycles. The minimum atomic E-state index is -0.183. The van der Waals surface area contributed by atoms with Crippen LogP contribution in [0.5, 0.6) is 0 Å². The van der Waals surface area contributed by atoms with Gasteiger partial charge in [-0.2, -0.15) is 0 Å². The Labute approximate surface area is 70.1 Å². The zero-order valence-electron chi connectivity index (χ0n) is 6.09. The smallest absolute Gasteiger partial charge is 0.123 e. The Morgan fingerprint density at radius 2 is 2.00 bits per heavy atom. The molecule has 0 aliphatic carbocycles. The summed E-state index contributed by atoms with van der Waals surface area (Å²) in [6, 6.07) is 6.51. The summed E-state index contributed by atoms with van der Waals surface area (Å²) in [5.74, 6) is 0.682. The van der Waals surface area contributed by atoms with Gasteiger partial charge in [0.15, 0.2) is 0 Å². The monoisotopic (exact) mass is 168 g/mol. The van der Waals surface area contributed by atoms with Crippen LogP contribution in [0, 0.1) is 5.82 Å². The van der Waals surface area contributed by atoms with Gasteiger partial charge in [-0.1, -0.05) is 18.7 Å². The van der Waals surface area contributed by atoms with Gasteiger partial charge >= 0.3 is 0 Å². The summed E-state index contributed by atoms with van der Waals surface area (Å²) in [6.45, 7) is 3.58. The average Bonchev–Trinajstić information content (AvgIpc) is 2.04. The molecular formula is C9H9FS. The first-order chi connectivity index (χ1) is 5.33. The molecule has 1 aromatic carbocycles. The molecule has 0 amide bonds. The topological polar surface area (TPSA) is 0 Å². The molecule has 0 radical (unpaired) electrons. The first-order valence-corrected chi connectivity index (χ1v) is 4.35. The molecule has 1 aromatic rings. The lowest BCUT2D eigenvalue weighted by Gasteiger charge is -1.95. The first kappa shape index (κ1) is 8.34. The number of hydrogen-bond donors (Lipinski definition) is 0. The number of rotatable bonds is 3. The quantitative estimate of drug-likeness (QED) is 0.667. The van der Waals surface area contributed by atoms with E-state index in [-0.39, 0.29) is 5.82 Å². The third-order valence-corrected chi connectivity index (χ3v) is 2.02. The van der Waals surface area contributed by atoms with E-state index in [0.29, 0.717) is 0 Å². The fraction of sp³-hybridized carbons (Fsp3) is 0.111. The lowest BCUT2D eigenvalue weighted by molar-refractivity contribution is 0.627. The van der Waals surface area contributed by atoms with E-state index in [0.717, 1.165) is 11.3 Å². The molecule has 0 spiro atoms. The summed E-state index contributed by atoms with van der Waals surface area (Å²) < 4.78 is 12.4. The maximum atomic E-state index is 12.4. The van der Waals surface area contributed by atoms with Crippen molar-refractivity contribution < 1.29 is 4.39 Å². The van der Waals surface area contributed by atoms with Gasteiger partial charge in [-0.25, -0.2) is 4.39 Å². The summed E-state index contributed by atoms with van der Waals surface area (Å²) in [5.41, 5.74) is 1.12. The van der Waals surface area contributed by atoms with Crippen LogP contribution in [0.15, 0.2) is 36.3 Å². The van der Waals surface area contributed by atoms with Crippen molar-refractivity contribution >= 4 is 11.8 Å². The SMILES string of the molecule is C=CSCc1ccc(F)cc1. The van der Waals surface area contributed by atoms with Crippen LogP contribution < -0.4 is 0 Å². The molecule has 11 heavy (non-hydrogen) atoms. The third-order valence-electron chi connectivity index (χ3n) is 1.28. The van der Waals surface area contributed by atoms with Gasteiger partial charge < -0.3 is 0 Å². The van der Waals surface area contributed by atoms with Crippen LogP contribution >= 0.6 is 11.8 Å². The molecule has 0 atom stereocenters. The summed E-state index contributed by atoms with van der Waals surface area (Å²) >= 11 is 1.61. The summed E-state index contributed by atoms with van der Waals surface area (Å²) in [5, 5.41) is 1.78. The van der Waals surface area contributed by atoms with E-state index in [1.54, 1.807) is 29.3 Å². The molecule has 0 nitrogen and oxygen atoms in total. The van der Waals surface area contributed by atoms with Crippen LogP contribution in [0.1, 0.15) is 5.56 Å². The third kappa shape index (κ3) is 2.76. The highest BCUT2D eigenvalue weighted by Gasteiger charge is 1.91. The summed E-state index contributed by atoms with van der Waals surface area (Å²) in [7, 11) is 0. The molecule has 0 aromatic heterocycles. The highest BCUT2D eigenvalue weighted by Crippen LogP contribution is 2.12. The van der Waals surface area contributed by atoms with E-state index < -0.39 is 0 Å². The summed E-state index contributed by atoms with van der Waals surface area (Å²) in [6.07, 6.45) is 0. The zero-order chi connectivity index (χ0) is 8.10. The largest absolute Gasteiger partial charge is 0.207 e. The normalized spacial score (nSPS) is 9.55. The molecule has 0 aliphatic rings. The van der Waals surface area contributed by atoms with Gasteiger partial charge in [-0.3, -0.25) is 0 Å². The van der Waals surface area contributed by atoms with Crippen molar-refractivity contribution in [1.29, 1.82) is 0 Å². The Morgan fingerprint density at radius 3 is 2.55 bits per heavy atom. The first-order valence-electron chi connectivity index (χ1n) is 3.30. The van der Waals surface area contributed by atoms with E-state index in [2.05, 4.69) is 6.58 Å². The molecule has 0 unspecified atom stereocenters. The van der Waals surface area contributed by atoms with E-state index in [1.165, 1.54) is 12.1 Å². The lowest BCUT2D eigenvalue weighted by atomic mass is 10.2. The number of thioether (sulfide) groups is 1. The Hall–Kier alpha value is -0.760. The molecule has 0 N–H and O–H groups in total. The van der Waals surface area contributed by atoms with Crippen LogP contribution in [0.4, 0.5) is 4.39 Å². The van der Waals surface area contributed by atoms with Crippen molar-refractivity contribution in [2.45, 2.75) is 5.75 Å². The Morgan fingerprint density at radius 1 is 1.36 bits per heavy atom. The number of benzene rings is 1. The Bertz CT molecular complexity index is 228. The van der Waals surface area contributed by atoms with Gasteiger partial charge in [0.2, 0.25) is 0 Å². The average molecular weight is 168 g/mol. The molecule has 0 fully saturated rings. The van der Waals surface area contributed by atoms with Crippen molar-refractivity contribution in [2.24, 2.45) is 0 Å². The summed E-state index contributed by atoms with van der Waals surface area (Å²) in [4.78, 5) is 0. The molecule has 0 saturated carbocycles. The molecule has 0 heterocycles. The molecule has 1 rings (SSSR count). The molecule has 0 saturated heterocycles. The second-order valence-corrected chi connectivity index (χ2v) is 3.06. The lowest BCUT2D eigenvalue weighted by Crippen LogP contribution is -1.78. The van der Waals surface area contributed by atoms with Crippen molar-refractivity contribution in [2.75, 3.05) is 0 Å². The fourth-order valence-corrected chi connectivity index (χ4v) is 1.24. The van der Waals surface area contributed by atoms with Gasteiger partial charge in [0, 0.05) is 5.75 Å². The van der Waals surface area contributed by atoms with Crippen molar-refractivity contribution in [3.05, 3.63) is 47.6 Å². The fourth-order valence-electron chi connectivity index (χ4n) is 0.736. The predicted octanol–water partition coefficient (Wildman–Crippen LogP) is 3.20. The van der Waals surface area contributed by atoms with Gasteiger partial charge in [0.25, 0.3) is 0 Å². The van der Waals surface area contributed by atoms with Gasteiger partial charge in [0.1, 0.15) is 5.82 Å². The molecule has 2 heteroatoms. The van der Waals surface area contributed by atoms with Crippen LogP contribution in [-0.4, -0.2) is 0 Å². The minimum absolute atomic E-state index is 0.183. The number of halogens is 1. The second-order valence-electron chi connectivity index (χ2n) is 2.10. The van der Waals surface area contributed by atoms with E-state index in [9.17, 15) is 4.39 Å². The van der Waals surface area contributed by atoms with Crippen LogP contribution in [0.3, 0.4) is 0 Å². The molecule has 0 bridgehead atoms. The maximum absolute atomic E-state index is 12.4. The zero-order valence-corrected chi connectivity index (χ0v) is 6.90. The standard InChI is InChI=1S/C9H9FS/c1-2-11-7-8-3-5-9(10)6-4-8/h2-6H,1,7H2. The van der Waals surface area contributed by atoms with Gasteiger partial charge in [0.05, 0.1) is 0 Å². The van der Waals surface area contributed by atoms with Crippen molar-refractivity contribution in [1.82, 2.24) is 0 Å². The van der Waals surface area contributed by atoms with E-state index >= 15 is 0 Å². The van der Waals surface area contributed by atoms with Crippen molar-refractivity contribution in [3.63, 3.8) is 0 Å². The van der Waals surface area contributed by atoms with Crippen LogP contribution in [-0.2, 0) is 5.75 Å². The maximum Gasteiger partial charge on any atom is 0.123 e. The highest BCUT2D eigenvalue weighted by molar-refractivity contribution is 8.01. The van der Waals surface area contributed by atoms with Crippen LogP contribution in [0.2, 0.25) is 0 Å². The Kier molecular flexibility index (Phi) is 3.17. The number of hydrogen-bond acceptors (Lipinski definition) is 1. The van der Waals surface area contributed by atoms with Crippen LogP contribution in [0.25, 0.3) is 0 Å². The predicted molar refractivity (Wildman–Crippen MR) is 47.9 cm³/mol. The Balaban J connectivity index is 2.58. The van der Waals surface area contributed by atoms with Gasteiger partial charge in [-0.05, 0) is 23.1 Å². The molecular weight excluding hydrogens is 159 g/mol. The van der Waals surface area contributed by atoms with Gasteiger partial charge in [-0.15, -0.1) is 11.8 Å². The molecule has 58 valence electrons. The van der Waals surface area contributed by atoms with E-state index in [1.807, 2.05) is 0 Å². The minimum Gasteiger partial charge on any atom is -0.207 e. The second kappa shape index (κ2) is 4.19. The highest BCUT2D eigenvalue weighted by atomic mass is 32.2.